The minimum absolute atomic E-state index is 0. The quantitative estimate of drug-likeness (QED) is 0.700. The maximum absolute atomic E-state index is 12.6. The van der Waals surface area contributed by atoms with Crippen LogP contribution >= 0.6 is 24.8 Å². The third-order valence-corrected chi connectivity index (χ3v) is 4.18. The van der Waals surface area contributed by atoms with Crippen LogP contribution in [0.2, 0.25) is 0 Å². The van der Waals surface area contributed by atoms with Crippen molar-refractivity contribution in [1.82, 2.24) is 10.3 Å². The molecule has 0 radical (unpaired) electrons. The van der Waals surface area contributed by atoms with E-state index in [0.29, 0.717) is 5.69 Å². The molecule has 154 valence electrons. The second-order valence-corrected chi connectivity index (χ2v) is 6.14. The number of aromatic nitrogens is 1. The monoisotopic (exact) mass is 437 g/mol. The zero-order valence-corrected chi connectivity index (χ0v) is 16.3. The Bertz CT molecular complexity index is 819. The summed E-state index contributed by atoms with van der Waals surface area (Å²) in [6.45, 7) is -1.50. The molecule has 1 aromatic heterocycles. The SMILES string of the molecule is Cl.Cl.Nc1ccc2c(c1)CCCC2NC(=O)c1cccnc1OCC(F)(F)F. The Morgan fingerprint density at radius 2 is 2.04 bits per heavy atom. The van der Waals surface area contributed by atoms with Crippen molar-refractivity contribution in [2.45, 2.75) is 31.5 Å². The van der Waals surface area contributed by atoms with Crippen LogP contribution in [0, 0.1) is 0 Å². The number of alkyl halides is 3. The summed E-state index contributed by atoms with van der Waals surface area (Å²) < 4.78 is 41.8. The lowest BCUT2D eigenvalue weighted by Gasteiger charge is -2.27. The van der Waals surface area contributed by atoms with Gasteiger partial charge in [0, 0.05) is 11.9 Å². The highest BCUT2D eigenvalue weighted by atomic mass is 35.5. The Labute approximate surface area is 172 Å². The van der Waals surface area contributed by atoms with E-state index in [9.17, 15) is 18.0 Å². The van der Waals surface area contributed by atoms with Crippen LogP contribution in [-0.4, -0.2) is 23.7 Å². The molecule has 1 heterocycles. The number of rotatable bonds is 4. The minimum atomic E-state index is -4.51. The van der Waals surface area contributed by atoms with Gasteiger partial charge >= 0.3 is 6.18 Å². The van der Waals surface area contributed by atoms with E-state index in [2.05, 4.69) is 15.0 Å². The summed E-state index contributed by atoms with van der Waals surface area (Å²) >= 11 is 0. The van der Waals surface area contributed by atoms with Crippen molar-refractivity contribution in [2.24, 2.45) is 0 Å². The van der Waals surface area contributed by atoms with E-state index in [0.717, 1.165) is 30.4 Å². The number of carbonyl (C=O) groups excluding carboxylic acids is 1. The zero-order valence-electron chi connectivity index (χ0n) is 14.7. The molecular formula is C18H20Cl2F3N3O2. The van der Waals surface area contributed by atoms with Crippen molar-refractivity contribution in [3.8, 4) is 5.88 Å². The summed E-state index contributed by atoms with van der Waals surface area (Å²) in [5.74, 6) is -0.861. The normalized spacial score (nSPS) is 15.5. The number of ether oxygens (including phenoxy) is 1. The van der Waals surface area contributed by atoms with E-state index in [4.69, 9.17) is 5.73 Å². The summed E-state index contributed by atoms with van der Waals surface area (Å²) in [5, 5.41) is 2.87. The Kier molecular flexibility index (Phi) is 8.38. The fourth-order valence-electron chi connectivity index (χ4n) is 3.05. The van der Waals surface area contributed by atoms with Crippen LogP contribution < -0.4 is 15.8 Å². The number of benzene rings is 1. The molecule has 0 saturated carbocycles. The van der Waals surface area contributed by atoms with E-state index in [1.54, 1.807) is 6.07 Å². The van der Waals surface area contributed by atoms with Gasteiger partial charge in [0.05, 0.1) is 6.04 Å². The molecule has 1 amide bonds. The van der Waals surface area contributed by atoms with Gasteiger partial charge in [-0.3, -0.25) is 4.79 Å². The molecule has 1 atom stereocenters. The predicted octanol–water partition coefficient (Wildman–Crippen LogP) is 4.26. The molecule has 3 N–H and O–H groups in total. The van der Waals surface area contributed by atoms with Crippen molar-refractivity contribution >= 4 is 36.4 Å². The highest BCUT2D eigenvalue weighted by Gasteiger charge is 2.30. The molecule has 10 heteroatoms. The molecule has 1 aromatic carbocycles. The first-order valence-corrected chi connectivity index (χ1v) is 8.17. The first-order chi connectivity index (χ1) is 12.3. The van der Waals surface area contributed by atoms with Gasteiger partial charge in [0.15, 0.2) is 6.61 Å². The van der Waals surface area contributed by atoms with Crippen LogP contribution in [0.1, 0.15) is 40.4 Å². The third kappa shape index (κ3) is 5.90. The number of nitrogens with two attached hydrogens (primary N) is 1. The lowest BCUT2D eigenvalue weighted by Crippen LogP contribution is -2.31. The Balaban J connectivity index is 0.00000196. The van der Waals surface area contributed by atoms with Crippen molar-refractivity contribution < 1.29 is 22.7 Å². The summed E-state index contributed by atoms with van der Waals surface area (Å²) in [7, 11) is 0. The summed E-state index contributed by atoms with van der Waals surface area (Å²) in [6, 6.07) is 8.16. The predicted molar refractivity (Wildman–Crippen MR) is 104 cm³/mol. The number of hydrogen-bond donors (Lipinski definition) is 2. The number of aryl methyl sites for hydroxylation is 1. The van der Waals surface area contributed by atoms with Gasteiger partial charge < -0.3 is 15.8 Å². The van der Waals surface area contributed by atoms with Crippen molar-refractivity contribution in [2.75, 3.05) is 12.3 Å². The van der Waals surface area contributed by atoms with Gasteiger partial charge in [-0.05, 0) is 54.7 Å². The van der Waals surface area contributed by atoms with Crippen molar-refractivity contribution in [1.29, 1.82) is 0 Å². The van der Waals surface area contributed by atoms with Gasteiger partial charge in [-0.2, -0.15) is 13.2 Å². The van der Waals surface area contributed by atoms with E-state index in [1.165, 1.54) is 18.3 Å². The van der Waals surface area contributed by atoms with Gasteiger partial charge in [-0.15, -0.1) is 24.8 Å². The number of carbonyl (C=O) groups is 1. The molecule has 0 bridgehead atoms. The zero-order chi connectivity index (χ0) is 18.7. The largest absolute Gasteiger partial charge is 0.467 e. The van der Waals surface area contributed by atoms with Crippen molar-refractivity contribution in [3.05, 3.63) is 53.2 Å². The molecule has 3 rings (SSSR count). The van der Waals surface area contributed by atoms with Gasteiger partial charge in [0.2, 0.25) is 5.88 Å². The summed E-state index contributed by atoms with van der Waals surface area (Å²) in [5.41, 5.74) is 8.48. The topological polar surface area (TPSA) is 77.2 Å². The second-order valence-electron chi connectivity index (χ2n) is 6.14. The maximum atomic E-state index is 12.6. The van der Waals surface area contributed by atoms with E-state index >= 15 is 0 Å². The number of halogens is 5. The molecule has 1 unspecified atom stereocenters. The molecule has 0 aliphatic heterocycles. The number of amides is 1. The molecule has 0 fully saturated rings. The average molecular weight is 438 g/mol. The van der Waals surface area contributed by atoms with Crippen LogP contribution in [0.3, 0.4) is 0 Å². The van der Waals surface area contributed by atoms with Gasteiger partial charge in [0.1, 0.15) is 5.56 Å². The molecule has 28 heavy (non-hydrogen) atoms. The molecule has 0 spiro atoms. The summed E-state index contributed by atoms with van der Waals surface area (Å²) in [6.07, 6.45) is -0.734. The minimum Gasteiger partial charge on any atom is -0.467 e. The number of hydrogen-bond acceptors (Lipinski definition) is 4. The number of nitrogen functional groups attached to an aromatic ring is 1. The fourth-order valence-corrected chi connectivity index (χ4v) is 3.05. The fraction of sp³-hybridized carbons (Fsp3) is 0.333. The number of pyridine rings is 1. The molecule has 1 aliphatic carbocycles. The highest BCUT2D eigenvalue weighted by molar-refractivity contribution is 5.96. The highest BCUT2D eigenvalue weighted by Crippen LogP contribution is 2.31. The first-order valence-electron chi connectivity index (χ1n) is 8.17. The first kappa shape index (κ1) is 23.8. The number of fused-ring (bicyclic) bond motifs is 1. The van der Waals surface area contributed by atoms with Gasteiger partial charge in [0.25, 0.3) is 5.91 Å². The Morgan fingerprint density at radius 1 is 1.29 bits per heavy atom. The maximum Gasteiger partial charge on any atom is 0.422 e. The lowest BCUT2D eigenvalue weighted by atomic mass is 9.87. The molecule has 2 aromatic rings. The molecule has 0 saturated heterocycles. The number of nitrogens with zero attached hydrogens (tertiary/aromatic N) is 1. The standard InChI is InChI=1S/C18H18F3N3O2.2ClH/c19-18(20,21)10-26-17-14(4-2-8-23-17)16(25)24-15-5-1-3-11-9-12(22)6-7-13(11)15;;/h2,4,6-9,15H,1,3,5,10,22H2,(H,24,25);2*1H. The number of anilines is 1. The molecule has 5 nitrogen and oxygen atoms in total. The van der Waals surface area contributed by atoms with E-state index in [1.807, 2.05) is 12.1 Å². The van der Waals surface area contributed by atoms with Crippen LogP contribution in [-0.2, 0) is 6.42 Å². The molecule has 1 aliphatic rings. The van der Waals surface area contributed by atoms with E-state index in [-0.39, 0.29) is 42.3 Å². The van der Waals surface area contributed by atoms with Crippen LogP contribution in [0.5, 0.6) is 5.88 Å². The van der Waals surface area contributed by atoms with Crippen LogP contribution in [0.4, 0.5) is 18.9 Å². The lowest BCUT2D eigenvalue weighted by molar-refractivity contribution is -0.154. The molecular weight excluding hydrogens is 418 g/mol. The average Bonchev–Trinajstić information content (AvgIpc) is 2.59. The van der Waals surface area contributed by atoms with Gasteiger partial charge in [-0.25, -0.2) is 4.98 Å². The Hall–Kier alpha value is -2.19. The van der Waals surface area contributed by atoms with E-state index < -0.39 is 18.7 Å². The second kappa shape index (κ2) is 9.84. The summed E-state index contributed by atoms with van der Waals surface area (Å²) in [4.78, 5) is 16.4. The third-order valence-electron chi connectivity index (χ3n) is 4.18. The number of nitrogens with one attached hydrogen (secondary N) is 1. The van der Waals surface area contributed by atoms with Gasteiger partial charge in [-0.1, -0.05) is 6.07 Å². The smallest absolute Gasteiger partial charge is 0.422 e. The van der Waals surface area contributed by atoms with Crippen LogP contribution in [0.25, 0.3) is 0 Å². The Morgan fingerprint density at radius 3 is 2.75 bits per heavy atom. The van der Waals surface area contributed by atoms with Crippen LogP contribution in [0.15, 0.2) is 36.5 Å². The van der Waals surface area contributed by atoms with Crippen molar-refractivity contribution in [3.63, 3.8) is 0 Å².